The van der Waals surface area contributed by atoms with Gasteiger partial charge < -0.3 is 5.32 Å². The van der Waals surface area contributed by atoms with Gasteiger partial charge in [0.25, 0.3) is 0 Å². The summed E-state index contributed by atoms with van der Waals surface area (Å²) < 4.78 is 2.22. The van der Waals surface area contributed by atoms with Crippen LogP contribution < -0.4 is 5.32 Å². The molecule has 0 saturated heterocycles. The Morgan fingerprint density at radius 3 is 2.74 bits per heavy atom. The van der Waals surface area contributed by atoms with Crippen molar-refractivity contribution < 1.29 is 4.79 Å². The lowest BCUT2D eigenvalue weighted by molar-refractivity contribution is -0.115. The molecule has 0 aliphatic heterocycles. The van der Waals surface area contributed by atoms with Gasteiger partial charge in [-0.3, -0.25) is 4.79 Å². The van der Waals surface area contributed by atoms with Gasteiger partial charge in [-0.05, 0) is 34.5 Å². The topological polar surface area (TPSA) is 42.0 Å². The fourth-order valence-corrected chi connectivity index (χ4v) is 4.46. The lowest BCUT2D eigenvalue weighted by Crippen LogP contribution is -2.15. The molecule has 1 aromatic carbocycles. The SMILES string of the molecule is CC(C)(C)c1csc(NC(=O)Cc2csc3ccc(Br)cc23)n1. The number of nitrogens with one attached hydrogen (secondary N) is 1. The molecule has 120 valence electrons. The van der Waals surface area contributed by atoms with Crippen LogP contribution in [0.25, 0.3) is 10.1 Å². The number of carbonyl (C=O) groups excluding carboxylic acids is 1. The average molecular weight is 409 g/mol. The van der Waals surface area contributed by atoms with Crippen LogP contribution in [-0.4, -0.2) is 10.9 Å². The minimum absolute atomic E-state index is 0.00465. The van der Waals surface area contributed by atoms with Crippen molar-refractivity contribution in [3.63, 3.8) is 0 Å². The molecule has 0 bridgehead atoms. The summed E-state index contributed by atoms with van der Waals surface area (Å²) in [6.07, 6.45) is 0.362. The maximum atomic E-state index is 12.3. The number of carbonyl (C=O) groups is 1. The number of anilines is 1. The Labute approximate surface area is 151 Å². The van der Waals surface area contributed by atoms with Crippen LogP contribution in [0.4, 0.5) is 5.13 Å². The highest BCUT2D eigenvalue weighted by molar-refractivity contribution is 9.10. The van der Waals surface area contributed by atoms with Crippen LogP contribution >= 0.6 is 38.6 Å². The van der Waals surface area contributed by atoms with E-state index in [-0.39, 0.29) is 11.3 Å². The summed E-state index contributed by atoms with van der Waals surface area (Å²) in [5, 5.41) is 8.78. The first-order valence-corrected chi connectivity index (χ1v) is 9.79. The molecule has 23 heavy (non-hydrogen) atoms. The number of rotatable bonds is 3. The second kappa shape index (κ2) is 6.34. The number of aromatic nitrogens is 1. The first-order chi connectivity index (χ1) is 10.8. The van der Waals surface area contributed by atoms with Gasteiger partial charge in [-0.15, -0.1) is 22.7 Å². The second-order valence-electron chi connectivity index (χ2n) is 6.41. The van der Waals surface area contributed by atoms with Crippen LogP contribution in [0.15, 0.2) is 33.4 Å². The summed E-state index contributed by atoms with van der Waals surface area (Å²) >= 11 is 6.63. The normalized spacial score (nSPS) is 11.8. The van der Waals surface area contributed by atoms with Crippen molar-refractivity contribution in [2.24, 2.45) is 0 Å². The molecular weight excluding hydrogens is 392 g/mol. The Balaban J connectivity index is 1.74. The average Bonchev–Trinajstić information content (AvgIpc) is 3.06. The molecule has 0 saturated carbocycles. The minimum Gasteiger partial charge on any atom is -0.302 e. The van der Waals surface area contributed by atoms with Crippen LogP contribution in [0.3, 0.4) is 0 Å². The third kappa shape index (κ3) is 3.82. The van der Waals surface area contributed by atoms with Gasteiger partial charge in [0.1, 0.15) is 0 Å². The van der Waals surface area contributed by atoms with Gasteiger partial charge in [0, 0.05) is 20.0 Å². The predicted octanol–water partition coefficient (Wildman–Crippen LogP) is 5.60. The highest BCUT2D eigenvalue weighted by atomic mass is 79.9. The molecule has 0 atom stereocenters. The summed E-state index contributed by atoms with van der Waals surface area (Å²) in [4.78, 5) is 16.8. The van der Waals surface area contributed by atoms with Crippen molar-refractivity contribution in [1.29, 1.82) is 0 Å². The van der Waals surface area contributed by atoms with E-state index < -0.39 is 0 Å². The molecule has 0 aliphatic rings. The van der Waals surface area contributed by atoms with E-state index in [2.05, 4.69) is 64.5 Å². The van der Waals surface area contributed by atoms with Crippen molar-refractivity contribution in [2.45, 2.75) is 32.6 Å². The van der Waals surface area contributed by atoms with E-state index in [1.165, 1.54) is 16.0 Å². The molecule has 0 radical (unpaired) electrons. The molecule has 2 aromatic heterocycles. The Morgan fingerprint density at radius 1 is 1.26 bits per heavy atom. The summed E-state index contributed by atoms with van der Waals surface area (Å²) in [6, 6.07) is 6.16. The minimum atomic E-state index is -0.0283. The highest BCUT2D eigenvalue weighted by Crippen LogP contribution is 2.30. The molecule has 3 rings (SSSR count). The van der Waals surface area contributed by atoms with Crippen LogP contribution in [0, 0.1) is 0 Å². The van der Waals surface area contributed by atoms with Crippen molar-refractivity contribution >= 4 is 59.7 Å². The molecule has 0 fully saturated rings. The molecule has 0 aliphatic carbocycles. The summed E-state index contributed by atoms with van der Waals surface area (Å²) in [5.74, 6) is -0.0283. The number of thiophene rings is 1. The Kier molecular flexibility index (Phi) is 4.58. The van der Waals surface area contributed by atoms with Crippen LogP contribution in [0.2, 0.25) is 0 Å². The Bertz CT molecular complexity index is 861. The van der Waals surface area contributed by atoms with Gasteiger partial charge in [-0.1, -0.05) is 36.7 Å². The monoisotopic (exact) mass is 408 g/mol. The third-order valence-electron chi connectivity index (χ3n) is 3.49. The van der Waals surface area contributed by atoms with E-state index in [4.69, 9.17) is 0 Å². The van der Waals surface area contributed by atoms with Crippen LogP contribution in [0.5, 0.6) is 0 Å². The lowest BCUT2D eigenvalue weighted by Gasteiger charge is -2.14. The molecule has 3 aromatic rings. The van der Waals surface area contributed by atoms with E-state index in [1.54, 1.807) is 11.3 Å². The Hall–Kier alpha value is -1.24. The van der Waals surface area contributed by atoms with Gasteiger partial charge in [0.2, 0.25) is 5.91 Å². The summed E-state index contributed by atoms with van der Waals surface area (Å²) in [6.45, 7) is 6.34. The van der Waals surface area contributed by atoms with Crippen molar-refractivity contribution in [1.82, 2.24) is 4.98 Å². The first-order valence-electron chi connectivity index (χ1n) is 7.24. The van der Waals surface area contributed by atoms with Gasteiger partial charge >= 0.3 is 0 Å². The number of benzene rings is 1. The van der Waals surface area contributed by atoms with Crippen molar-refractivity contribution in [3.05, 3.63) is 44.7 Å². The molecule has 3 nitrogen and oxygen atoms in total. The number of amides is 1. The molecule has 6 heteroatoms. The van der Waals surface area contributed by atoms with Gasteiger partial charge in [0.05, 0.1) is 12.1 Å². The zero-order valence-corrected chi connectivity index (χ0v) is 16.4. The number of hydrogen-bond donors (Lipinski definition) is 1. The first kappa shape index (κ1) is 16.6. The number of hydrogen-bond acceptors (Lipinski definition) is 4. The summed E-state index contributed by atoms with van der Waals surface area (Å²) in [5.41, 5.74) is 2.05. The van der Waals surface area contributed by atoms with Gasteiger partial charge in [-0.25, -0.2) is 4.98 Å². The van der Waals surface area contributed by atoms with E-state index >= 15 is 0 Å². The predicted molar refractivity (Wildman–Crippen MR) is 103 cm³/mol. The van der Waals surface area contributed by atoms with Crippen LogP contribution in [0.1, 0.15) is 32.0 Å². The fraction of sp³-hybridized carbons (Fsp3) is 0.294. The number of fused-ring (bicyclic) bond motifs is 1. The standard InChI is InChI=1S/C17H17BrN2OS2/c1-17(2,3)14-9-23-16(19-14)20-15(21)6-10-8-22-13-5-4-11(18)7-12(10)13/h4-5,7-9H,6H2,1-3H3,(H,19,20,21). The maximum absolute atomic E-state index is 12.3. The smallest absolute Gasteiger partial charge is 0.230 e. The third-order valence-corrected chi connectivity index (χ3v) is 5.75. The second-order valence-corrected chi connectivity index (χ2v) is 9.10. The van der Waals surface area contributed by atoms with E-state index in [9.17, 15) is 4.79 Å². The molecule has 0 unspecified atom stereocenters. The molecular formula is C17H17BrN2OS2. The van der Waals surface area contributed by atoms with E-state index in [0.29, 0.717) is 11.6 Å². The van der Waals surface area contributed by atoms with Gasteiger partial charge in [0.15, 0.2) is 5.13 Å². The quantitative estimate of drug-likeness (QED) is 0.612. The highest BCUT2D eigenvalue weighted by Gasteiger charge is 2.18. The van der Waals surface area contributed by atoms with Gasteiger partial charge in [-0.2, -0.15) is 0 Å². The number of nitrogens with zero attached hydrogens (tertiary/aromatic N) is 1. The number of halogens is 1. The Morgan fingerprint density at radius 2 is 2.04 bits per heavy atom. The molecule has 2 heterocycles. The zero-order valence-electron chi connectivity index (χ0n) is 13.1. The largest absolute Gasteiger partial charge is 0.302 e. The van der Waals surface area contributed by atoms with E-state index in [0.717, 1.165) is 21.1 Å². The summed E-state index contributed by atoms with van der Waals surface area (Å²) in [7, 11) is 0. The molecule has 1 amide bonds. The van der Waals surface area contributed by atoms with Crippen molar-refractivity contribution in [2.75, 3.05) is 5.32 Å². The maximum Gasteiger partial charge on any atom is 0.230 e. The fourth-order valence-electron chi connectivity index (χ4n) is 2.20. The zero-order chi connectivity index (χ0) is 16.6. The van der Waals surface area contributed by atoms with Crippen LogP contribution in [-0.2, 0) is 16.6 Å². The van der Waals surface area contributed by atoms with E-state index in [1.807, 2.05) is 11.4 Å². The molecule has 0 spiro atoms. The lowest BCUT2D eigenvalue weighted by atomic mass is 9.93. The molecule has 1 N–H and O–H groups in total. The number of thiazole rings is 1. The van der Waals surface area contributed by atoms with Crippen molar-refractivity contribution in [3.8, 4) is 0 Å².